The first-order chi connectivity index (χ1) is 14.3. The van der Waals surface area contributed by atoms with Crippen LogP contribution in [-0.2, 0) is 4.79 Å². The molecule has 0 unspecified atom stereocenters. The second-order valence-corrected chi connectivity index (χ2v) is 9.16. The summed E-state index contributed by atoms with van der Waals surface area (Å²) in [5.41, 5.74) is 0. The molecule has 1 aromatic heterocycles. The molecule has 0 spiro atoms. The van der Waals surface area contributed by atoms with E-state index in [4.69, 9.17) is 4.74 Å². The van der Waals surface area contributed by atoms with E-state index in [1.165, 1.54) is 32.1 Å². The average Bonchev–Trinajstić information content (AvgIpc) is 3.09. The van der Waals surface area contributed by atoms with E-state index in [9.17, 15) is 14.7 Å². The number of hydrogen-bond donors (Lipinski definition) is 1. The largest absolute Gasteiger partial charge is 0.511 e. The maximum absolute atomic E-state index is 13.4. The van der Waals surface area contributed by atoms with E-state index >= 15 is 0 Å². The molecule has 0 aliphatic heterocycles. The van der Waals surface area contributed by atoms with Crippen molar-refractivity contribution in [2.24, 2.45) is 17.8 Å². The number of carbonyl (C=O) groups excluding carboxylic acids is 1. The highest BCUT2D eigenvalue weighted by molar-refractivity contribution is 5.96. The van der Waals surface area contributed by atoms with Gasteiger partial charge in [0.1, 0.15) is 0 Å². The third-order valence-corrected chi connectivity index (χ3v) is 6.39. The maximum atomic E-state index is 13.4. The van der Waals surface area contributed by atoms with E-state index in [0.717, 1.165) is 25.7 Å². The SMILES string of the molecule is CC(C)N(c1nn(/C=C/C2CCCCC2)cc1OC(=O)O)C(=O)[C@H]1CC[C@H](C)CC1. The van der Waals surface area contributed by atoms with Crippen molar-refractivity contribution in [2.75, 3.05) is 4.90 Å². The third-order valence-electron chi connectivity index (χ3n) is 6.39. The summed E-state index contributed by atoms with van der Waals surface area (Å²) in [7, 11) is 0. The molecule has 2 aliphatic carbocycles. The molecule has 3 rings (SSSR count). The third kappa shape index (κ3) is 5.64. The molecule has 0 aromatic carbocycles. The molecular formula is C23H35N3O4. The van der Waals surface area contributed by atoms with Gasteiger partial charge in [0.2, 0.25) is 11.7 Å². The molecule has 166 valence electrons. The van der Waals surface area contributed by atoms with Crippen molar-refractivity contribution in [3.63, 3.8) is 0 Å². The predicted molar refractivity (Wildman–Crippen MR) is 117 cm³/mol. The molecule has 1 aromatic rings. The molecule has 0 saturated heterocycles. The summed E-state index contributed by atoms with van der Waals surface area (Å²) in [6.07, 6.45) is 14.0. The van der Waals surface area contributed by atoms with Crippen LogP contribution >= 0.6 is 0 Å². The Morgan fingerprint density at radius 2 is 1.83 bits per heavy atom. The monoisotopic (exact) mass is 417 g/mol. The molecule has 0 atom stereocenters. The van der Waals surface area contributed by atoms with Gasteiger partial charge >= 0.3 is 6.16 Å². The lowest BCUT2D eigenvalue weighted by molar-refractivity contribution is -0.124. The fourth-order valence-corrected chi connectivity index (χ4v) is 4.62. The van der Waals surface area contributed by atoms with Crippen LogP contribution in [0.15, 0.2) is 12.3 Å². The number of ether oxygens (including phenoxy) is 1. The topological polar surface area (TPSA) is 84.7 Å². The molecule has 30 heavy (non-hydrogen) atoms. The number of anilines is 1. The van der Waals surface area contributed by atoms with Crippen LogP contribution in [0.1, 0.15) is 78.6 Å². The van der Waals surface area contributed by atoms with E-state index in [2.05, 4.69) is 18.1 Å². The highest BCUT2D eigenvalue weighted by Gasteiger charge is 2.33. The average molecular weight is 418 g/mol. The first kappa shape index (κ1) is 22.4. The zero-order valence-electron chi connectivity index (χ0n) is 18.4. The van der Waals surface area contributed by atoms with E-state index in [-0.39, 0.29) is 29.4 Å². The van der Waals surface area contributed by atoms with Crippen molar-refractivity contribution >= 4 is 24.1 Å². The summed E-state index contributed by atoms with van der Waals surface area (Å²) in [5.74, 6) is 1.50. The van der Waals surface area contributed by atoms with Crippen LogP contribution in [0.2, 0.25) is 0 Å². The number of allylic oxidation sites excluding steroid dienone is 1. The van der Waals surface area contributed by atoms with Gasteiger partial charge in [0.05, 0.1) is 6.20 Å². The summed E-state index contributed by atoms with van der Waals surface area (Å²) in [4.78, 5) is 26.2. The van der Waals surface area contributed by atoms with Crippen LogP contribution in [0.5, 0.6) is 5.75 Å². The van der Waals surface area contributed by atoms with Crippen molar-refractivity contribution in [1.82, 2.24) is 9.78 Å². The maximum Gasteiger partial charge on any atom is 0.511 e. The fourth-order valence-electron chi connectivity index (χ4n) is 4.62. The normalized spacial score (nSPS) is 23.1. The van der Waals surface area contributed by atoms with Crippen molar-refractivity contribution in [3.05, 3.63) is 12.3 Å². The highest BCUT2D eigenvalue weighted by Crippen LogP contribution is 2.35. The first-order valence-corrected chi connectivity index (χ1v) is 11.4. The Labute approximate surface area is 179 Å². The van der Waals surface area contributed by atoms with Crippen LogP contribution in [0, 0.1) is 17.8 Å². The second-order valence-electron chi connectivity index (χ2n) is 9.16. The summed E-state index contributed by atoms with van der Waals surface area (Å²) < 4.78 is 6.59. The van der Waals surface area contributed by atoms with E-state index in [1.807, 2.05) is 20.0 Å². The van der Waals surface area contributed by atoms with Gasteiger partial charge in [-0.25, -0.2) is 9.48 Å². The summed E-state index contributed by atoms with van der Waals surface area (Å²) in [5, 5.41) is 13.7. The second kappa shape index (κ2) is 10.1. The Balaban J connectivity index is 1.85. The minimum Gasteiger partial charge on any atom is -0.449 e. The fraction of sp³-hybridized carbons (Fsp3) is 0.696. The molecule has 7 heteroatoms. The van der Waals surface area contributed by atoms with Crippen LogP contribution in [0.4, 0.5) is 10.6 Å². The Bertz CT molecular complexity index is 756. The number of aromatic nitrogens is 2. The van der Waals surface area contributed by atoms with Crippen LogP contribution < -0.4 is 9.64 Å². The summed E-state index contributed by atoms with van der Waals surface area (Å²) >= 11 is 0. The zero-order chi connectivity index (χ0) is 21.7. The van der Waals surface area contributed by atoms with Gasteiger partial charge in [0.15, 0.2) is 5.75 Å². The number of rotatable bonds is 6. The van der Waals surface area contributed by atoms with Gasteiger partial charge in [-0.15, -0.1) is 5.10 Å². The molecule has 1 amide bonds. The van der Waals surface area contributed by atoms with Crippen molar-refractivity contribution < 1.29 is 19.4 Å². The minimum atomic E-state index is -1.41. The number of carboxylic acid groups (broad SMARTS) is 1. The molecule has 1 N–H and O–H groups in total. The summed E-state index contributed by atoms with van der Waals surface area (Å²) in [6.45, 7) is 6.07. The molecule has 2 aliphatic rings. The van der Waals surface area contributed by atoms with Gasteiger partial charge in [0.25, 0.3) is 0 Å². The smallest absolute Gasteiger partial charge is 0.449 e. The van der Waals surface area contributed by atoms with E-state index < -0.39 is 6.16 Å². The van der Waals surface area contributed by atoms with Crippen LogP contribution in [-0.4, -0.2) is 33.0 Å². The van der Waals surface area contributed by atoms with Gasteiger partial charge in [-0.2, -0.15) is 0 Å². The number of carbonyl (C=O) groups is 2. The van der Waals surface area contributed by atoms with Gasteiger partial charge in [-0.1, -0.05) is 32.3 Å². The van der Waals surface area contributed by atoms with Gasteiger partial charge in [-0.05, 0) is 64.2 Å². The molecule has 0 radical (unpaired) electrons. The van der Waals surface area contributed by atoms with Crippen molar-refractivity contribution in [2.45, 2.75) is 84.6 Å². The molecule has 0 bridgehead atoms. The molecule has 1 heterocycles. The zero-order valence-corrected chi connectivity index (χ0v) is 18.4. The molecule has 2 saturated carbocycles. The van der Waals surface area contributed by atoms with Crippen LogP contribution in [0.3, 0.4) is 0 Å². The Hall–Kier alpha value is -2.31. The van der Waals surface area contributed by atoms with E-state index in [0.29, 0.717) is 11.8 Å². The van der Waals surface area contributed by atoms with Crippen molar-refractivity contribution in [1.29, 1.82) is 0 Å². The molecule has 2 fully saturated rings. The first-order valence-electron chi connectivity index (χ1n) is 11.4. The predicted octanol–water partition coefficient (Wildman–Crippen LogP) is 5.56. The molecule has 7 nitrogen and oxygen atoms in total. The Morgan fingerprint density at radius 1 is 1.17 bits per heavy atom. The lowest BCUT2D eigenvalue weighted by Gasteiger charge is -2.32. The summed E-state index contributed by atoms with van der Waals surface area (Å²) in [6, 6.07) is -0.154. The minimum absolute atomic E-state index is 0.00801. The van der Waals surface area contributed by atoms with Crippen LogP contribution in [0.25, 0.3) is 6.20 Å². The molecular weight excluding hydrogens is 382 g/mol. The Morgan fingerprint density at radius 3 is 2.43 bits per heavy atom. The highest BCUT2D eigenvalue weighted by atomic mass is 16.7. The standard InChI is InChI=1S/C23H35N3O4/c1-16(2)26(22(27)19-11-9-17(3)10-12-19)21-20(30-23(28)29)15-25(24-21)14-13-18-7-5-4-6-8-18/h13-19H,4-12H2,1-3H3,(H,28,29)/b14-13+/t17-,19-. The van der Waals surface area contributed by atoms with Gasteiger partial charge in [-0.3, -0.25) is 9.69 Å². The number of hydrogen-bond acceptors (Lipinski definition) is 4. The van der Waals surface area contributed by atoms with Crippen molar-refractivity contribution in [3.8, 4) is 5.75 Å². The lowest BCUT2D eigenvalue weighted by atomic mass is 9.82. The quantitative estimate of drug-likeness (QED) is 0.613. The lowest BCUT2D eigenvalue weighted by Crippen LogP contribution is -2.42. The van der Waals surface area contributed by atoms with Gasteiger partial charge in [0, 0.05) is 18.2 Å². The van der Waals surface area contributed by atoms with Gasteiger partial charge < -0.3 is 9.84 Å². The van der Waals surface area contributed by atoms with E-state index in [1.54, 1.807) is 15.8 Å². The number of nitrogens with zero attached hydrogens (tertiary/aromatic N) is 3. The Kier molecular flexibility index (Phi) is 7.56. The number of amides is 1.